The summed E-state index contributed by atoms with van der Waals surface area (Å²) in [6.07, 6.45) is 0. The van der Waals surface area contributed by atoms with Gasteiger partial charge in [0.2, 0.25) is 0 Å². The van der Waals surface area contributed by atoms with Gasteiger partial charge in [-0.25, -0.2) is 4.68 Å². The first-order valence-electron chi connectivity index (χ1n) is 11.2. The molecule has 0 N–H and O–H groups in total. The van der Waals surface area contributed by atoms with Crippen LogP contribution >= 0.6 is 11.6 Å². The maximum absolute atomic E-state index is 13.5. The molecule has 0 radical (unpaired) electrons. The number of amides is 1. The molecule has 0 saturated carbocycles. The van der Waals surface area contributed by atoms with Gasteiger partial charge in [-0.05, 0) is 30.2 Å². The number of benzene rings is 2. The van der Waals surface area contributed by atoms with Gasteiger partial charge in [0.15, 0.2) is 5.69 Å². The van der Waals surface area contributed by atoms with E-state index in [-0.39, 0.29) is 17.4 Å². The predicted molar refractivity (Wildman–Crippen MR) is 130 cm³/mol. The molecule has 1 saturated heterocycles. The number of rotatable bonds is 6. The monoisotopic (exact) mass is 468 g/mol. The fraction of sp³-hybridized carbons (Fsp3) is 0.400. The molecule has 4 rings (SSSR count). The summed E-state index contributed by atoms with van der Waals surface area (Å²) in [5.74, 6) is 0.913. The van der Waals surface area contributed by atoms with Crippen LogP contribution in [0.25, 0.3) is 10.8 Å². The number of aromatic nitrogens is 2. The average Bonchev–Trinajstić information content (AvgIpc) is 2.81. The van der Waals surface area contributed by atoms with E-state index in [4.69, 9.17) is 16.3 Å². The van der Waals surface area contributed by atoms with Crippen LogP contribution < -0.4 is 10.3 Å². The van der Waals surface area contributed by atoms with Gasteiger partial charge in [0.05, 0.1) is 12.5 Å². The molecule has 1 aliphatic heterocycles. The minimum Gasteiger partial charge on any atom is -0.496 e. The fourth-order valence-electron chi connectivity index (χ4n) is 4.23. The number of fused-ring (bicyclic) bond motifs is 1. The van der Waals surface area contributed by atoms with Crippen molar-refractivity contribution in [1.82, 2.24) is 19.6 Å². The van der Waals surface area contributed by atoms with Crippen molar-refractivity contribution in [3.8, 4) is 5.75 Å². The Morgan fingerprint density at radius 1 is 1.09 bits per heavy atom. The Hall–Kier alpha value is -2.90. The number of hydrogen-bond donors (Lipinski definition) is 0. The van der Waals surface area contributed by atoms with Gasteiger partial charge in [-0.15, -0.1) is 0 Å². The van der Waals surface area contributed by atoms with Crippen molar-refractivity contribution in [3.05, 3.63) is 69.1 Å². The number of carbonyl (C=O) groups excluding carboxylic acids is 1. The molecule has 174 valence electrons. The molecule has 8 heteroatoms. The highest BCUT2D eigenvalue weighted by Crippen LogP contribution is 2.25. The predicted octanol–water partition coefficient (Wildman–Crippen LogP) is 3.67. The molecule has 0 unspecified atom stereocenters. The van der Waals surface area contributed by atoms with Gasteiger partial charge in [0, 0.05) is 55.2 Å². The van der Waals surface area contributed by atoms with Crippen molar-refractivity contribution in [3.63, 3.8) is 0 Å². The molecule has 3 aromatic rings. The molecular weight excluding hydrogens is 440 g/mol. The molecule has 1 fully saturated rings. The standard InChI is InChI=1S/C25H29ClN4O3/c1-17(2)15-30-24(31)21-7-5-4-6-20(21)23(27-30)25(32)29-12-10-28(11-13-29)16-18-14-19(26)8-9-22(18)33-3/h4-9,14,17H,10-13,15-16H2,1-3H3. The van der Waals surface area contributed by atoms with Crippen LogP contribution in [0.15, 0.2) is 47.3 Å². The lowest BCUT2D eigenvalue weighted by Crippen LogP contribution is -2.48. The van der Waals surface area contributed by atoms with Gasteiger partial charge in [0.1, 0.15) is 5.75 Å². The molecule has 0 atom stereocenters. The molecule has 0 bridgehead atoms. The van der Waals surface area contributed by atoms with Crippen molar-refractivity contribution in [2.24, 2.45) is 5.92 Å². The summed E-state index contributed by atoms with van der Waals surface area (Å²) >= 11 is 6.17. The highest BCUT2D eigenvalue weighted by molar-refractivity contribution is 6.30. The lowest BCUT2D eigenvalue weighted by molar-refractivity contribution is 0.0621. The Morgan fingerprint density at radius 3 is 2.45 bits per heavy atom. The molecule has 1 aromatic heterocycles. The van der Waals surface area contributed by atoms with E-state index in [2.05, 4.69) is 10.00 Å². The van der Waals surface area contributed by atoms with Crippen LogP contribution in [0.2, 0.25) is 5.02 Å². The zero-order chi connectivity index (χ0) is 23.5. The summed E-state index contributed by atoms with van der Waals surface area (Å²) in [5.41, 5.74) is 1.21. The third-order valence-electron chi connectivity index (χ3n) is 5.90. The number of piperazine rings is 1. The van der Waals surface area contributed by atoms with E-state index < -0.39 is 0 Å². The third kappa shape index (κ3) is 5.04. The SMILES string of the molecule is COc1ccc(Cl)cc1CN1CCN(C(=O)c2nn(CC(C)C)c(=O)c3ccccc23)CC1. The maximum Gasteiger partial charge on any atom is 0.275 e. The summed E-state index contributed by atoms with van der Waals surface area (Å²) in [5, 5.41) is 6.32. The Bertz CT molecular complexity index is 1220. The van der Waals surface area contributed by atoms with E-state index in [1.54, 1.807) is 19.2 Å². The number of methoxy groups -OCH3 is 1. The Labute approximate surface area is 198 Å². The van der Waals surface area contributed by atoms with E-state index >= 15 is 0 Å². The molecular formula is C25H29ClN4O3. The molecule has 1 aliphatic rings. The summed E-state index contributed by atoms with van der Waals surface area (Å²) < 4.78 is 6.89. The van der Waals surface area contributed by atoms with Crippen LogP contribution in [0.3, 0.4) is 0 Å². The highest BCUT2D eigenvalue weighted by Gasteiger charge is 2.26. The summed E-state index contributed by atoms with van der Waals surface area (Å²) in [4.78, 5) is 30.4. The fourth-order valence-corrected chi connectivity index (χ4v) is 4.43. The average molecular weight is 469 g/mol. The molecule has 1 amide bonds. The molecule has 0 aliphatic carbocycles. The molecule has 0 spiro atoms. The second-order valence-electron chi connectivity index (χ2n) is 8.80. The number of nitrogens with zero attached hydrogens (tertiary/aromatic N) is 4. The maximum atomic E-state index is 13.5. The Morgan fingerprint density at radius 2 is 1.79 bits per heavy atom. The van der Waals surface area contributed by atoms with Crippen LogP contribution in [0, 0.1) is 5.92 Å². The minimum absolute atomic E-state index is 0.135. The van der Waals surface area contributed by atoms with E-state index in [1.807, 2.05) is 49.1 Å². The van der Waals surface area contributed by atoms with Crippen molar-refractivity contribution in [2.75, 3.05) is 33.3 Å². The number of ether oxygens (including phenoxy) is 1. The Kier molecular flexibility index (Phi) is 7.00. The van der Waals surface area contributed by atoms with Crippen molar-refractivity contribution < 1.29 is 9.53 Å². The lowest BCUT2D eigenvalue weighted by Gasteiger charge is -2.35. The van der Waals surface area contributed by atoms with Gasteiger partial charge in [-0.3, -0.25) is 14.5 Å². The van der Waals surface area contributed by atoms with Gasteiger partial charge >= 0.3 is 0 Å². The Balaban J connectivity index is 1.53. The number of halogens is 1. The molecule has 2 heterocycles. The van der Waals surface area contributed by atoms with Crippen molar-refractivity contribution in [2.45, 2.75) is 26.9 Å². The zero-order valence-corrected chi connectivity index (χ0v) is 20.0. The quantitative estimate of drug-likeness (QED) is 0.552. The second kappa shape index (κ2) is 9.93. The van der Waals surface area contributed by atoms with E-state index in [0.29, 0.717) is 47.7 Å². The lowest BCUT2D eigenvalue weighted by atomic mass is 10.1. The zero-order valence-electron chi connectivity index (χ0n) is 19.3. The largest absolute Gasteiger partial charge is 0.496 e. The van der Waals surface area contributed by atoms with Crippen LogP contribution in [-0.4, -0.2) is 58.8 Å². The molecule has 7 nitrogen and oxygen atoms in total. The van der Waals surface area contributed by atoms with Gasteiger partial charge in [-0.2, -0.15) is 5.10 Å². The van der Waals surface area contributed by atoms with Crippen LogP contribution in [0.1, 0.15) is 29.9 Å². The van der Waals surface area contributed by atoms with Gasteiger partial charge in [0.25, 0.3) is 11.5 Å². The van der Waals surface area contributed by atoms with E-state index in [0.717, 1.165) is 24.4 Å². The molecule has 2 aromatic carbocycles. The first-order chi connectivity index (χ1) is 15.9. The third-order valence-corrected chi connectivity index (χ3v) is 6.14. The summed E-state index contributed by atoms with van der Waals surface area (Å²) in [7, 11) is 1.65. The smallest absolute Gasteiger partial charge is 0.275 e. The topological polar surface area (TPSA) is 67.7 Å². The minimum atomic E-state index is -0.156. The first kappa shape index (κ1) is 23.3. The summed E-state index contributed by atoms with van der Waals surface area (Å²) in [6.45, 7) is 7.85. The summed E-state index contributed by atoms with van der Waals surface area (Å²) in [6, 6.07) is 12.8. The second-order valence-corrected chi connectivity index (χ2v) is 9.24. The highest BCUT2D eigenvalue weighted by atomic mass is 35.5. The number of hydrogen-bond acceptors (Lipinski definition) is 5. The van der Waals surface area contributed by atoms with Gasteiger partial charge < -0.3 is 9.64 Å². The van der Waals surface area contributed by atoms with Crippen molar-refractivity contribution >= 4 is 28.3 Å². The van der Waals surface area contributed by atoms with Crippen LogP contribution in [-0.2, 0) is 13.1 Å². The normalized spacial score (nSPS) is 14.8. The van der Waals surface area contributed by atoms with Crippen LogP contribution in [0.5, 0.6) is 5.75 Å². The van der Waals surface area contributed by atoms with Crippen LogP contribution in [0.4, 0.5) is 0 Å². The first-order valence-corrected chi connectivity index (χ1v) is 11.6. The number of carbonyl (C=O) groups is 1. The van der Waals surface area contributed by atoms with E-state index in [1.165, 1.54) is 4.68 Å². The molecule has 33 heavy (non-hydrogen) atoms. The van der Waals surface area contributed by atoms with Crippen molar-refractivity contribution in [1.29, 1.82) is 0 Å². The van der Waals surface area contributed by atoms with E-state index in [9.17, 15) is 9.59 Å². The van der Waals surface area contributed by atoms with Gasteiger partial charge in [-0.1, -0.05) is 43.6 Å².